The van der Waals surface area contributed by atoms with Crippen LogP contribution in [0, 0.1) is 33.1 Å². The number of hydrogen-bond acceptors (Lipinski definition) is 22. The minimum atomic E-state index is -0.526. The molecule has 0 radical (unpaired) electrons. The zero-order valence-electron chi connectivity index (χ0n) is 60.5. The summed E-state index contributed by atoms with van der Waals surface area (Å²) in [6.45, 7) is 31.0. The number of carbonyl (C=O) groups is 3. The van der Waals surface area contributed by atoms with Gasteiger partial charge in [-0.25, -0.2) is 44.3 Å². The van der Waals surface area contributed by atoms with Crippen LogP contribution >= 0.6 is 11.6 Å². The van der Waals surface area contributed by atoms with Crippen molar-refractivity contribution in [3.63, 3.8) is 0 Å². The third kappa shape index (κ3) is 28.7. The number of amides is 3. The molecule has 0 saturated heterocycles. The number of ether oxygens (including phenoxy) is 3. The number of nitrogens with zero attached hydrogens (tertiary/aromatic N) is 12. The number of carbonyl (C=O) groups excluding carboxylic acids is 3. The Kier molecular flexibility index (Phi) is 30.5. The first-order valence-electron chi connectivity index (χ1n) is 31.5. The molecule has 528 valence electrons. The SMILES string of the molecule is CC1=N[N+](C)=CC1=N.CN=C(C)C(=CN)Nc1nccc(-c2ccc(CNC(=O)OC(C)(C)C)c(C)c2)n1.CN=CC(Nc1nccc(-c2ccc(CNC(=O)OC(C)(C)C)c(C)c2)n1)=C(C)N.Cc1c(N)cnn1C.Cc1cc(-c2ccnc(Cl)n2)ccc1CNC(=O)OC(C)(C)C. The highest BCUT2D eigenvalue weighted by atomic mass is 35.5. The Hall–Kier alpha value is -11.0. The van der Waals surface area contributed by atoms with Gasteiger partial charge < -0.3 is 58.0 Å². The summed E-state index contributed by atoms with van der Waals surface area (Å²) in [5.74, 6) is 0.862. The number of aliphatic imine (C=N–C) groups is 2. The van der Waals surface area contributed by atoms with Gasteiger partial charge in [0.2, 0.25) is 23.4 Å². The molecule has 27 nitrogen and oxygen atoms in total. The third-order valence-electron chi connectivity index (χ3n) is 13.7. The first kappa shape index (κ1) is 80.5. The van der Waals surface area contributed by atoms with E-state index in [0.29, 0.717) is 54.3 Å². The lowest BCUT2D eigenvalue weighted by atomic mass is 10.0. The van der Waals surface area contributed by atoms with Crippen LogP contribution in [-0.2, 0) is 40.9 Å². The highest BCUT2D eigenvalue weighted by molar-refractivity contribution is 6.61. The Bertz CT molecular complexity index is 4110. The van der Waals surface area contributed by atoms with Crippen LogP contribution in [0.5, 0.6) is 0 Å². The molecule has 3 aromatic carbocycles. The number of halogens is 1. The van der Waals surface area contributed by atoms with Gasteiger partial charge in [0, 0.05) is 94.2 Å². The van der Waals surface area contributed by atoms with Crippen LogP contribution in [0.4, 0.5) is 32.0 Å². The van der Waals surface area contributed by atoms with E-state index >= 15 is 0 Å². The predicted molar refractivity (Wildman–Crippen MR) is 396 cm³/mol. The van der Waals surface area contributed by atoms with E-state index in [1.165, 1.54) is 6.20 Å². The van der Waals surface area contributed by atoms with Crippen LogP contribution in [0.1, 0.15) is 122 Å². The molecule has 99 heavy (non-hydrogen) atoms. The van der Waals surface area contributed by atoms with Gasteiger partial charge >= 0.3 is 18.3 Å². The molecular formula is C71H97ClN21O6+. The molecule has 4 aromatic heterocycles. The van der Waals surface area contributed by atoms with Gasteiger partial charge in [-0.2, -0.15) is 5.10 Å². The Morgan fingerprint density at radius 1 is 0.646 bits per heavy atom. The van der Waals surface area contributed by atoms with Gasteiger partial charge in [-0.05, 0) is 197 Å². The minimum Gasteiger partial charge on any atom is -0.444 e. The molecule has 0 spiro atoms. The highest BCUT2D eigenvalue weighted by Crippen LogP contribution is 2.25. The van der Waals surface area contributed by atoms with E-state index < -0.39 is 35.1 Å². The summed E-state index contributed by atoms with van der Waals surface area (Å²) in [4.78, 5) is 69.3. The molecule has 5 heterocycles. The van der Waals surface area contributed by atoms with E-state index in [9.17, 15) is 14.4 Å². The summed E-state index contributed by atoms with van der Waals surface area (Å²) in [5, 5.41) is 29.7. The van der Waals surface area contributed by atoms with Crippen molar-refractivity contribution in [3.8, 4) is 33.8 Å². The normalized spacial score (nSPS) is 12.4. The Morgan fingerprint density at radius 2 is 1.05 bits per heavy atom. The van der Waals surface area contributed by atoms with Gasteiger partial charge in [-0.15, -0.1) is 0 Å². The lowest BCUT2D eigenvalue weighted by molar-refractivity contribution is -0.493. The van der Waals surface area contributed by atoms with E-state index in [2.05, 4.69) is 76.7 Å². The number of nitrogens with one attached hydrogen (secondary N) is 6. The Labute approximate surface area is 586 Å². The maximum absolute atomic E-state index is 11.9. The number of aromatic nitrogens is 8. The predicted octanol–water partition coefficient (Wildman–Crippen LogP) is 12.1. The first-order valence-corrected chi connectivity index (χ1v) is 31.8. The summed E-state index contributed by atoms with van der Waals surface area (Å²) < 4.78 is 19.2. The third-order valence-corrected chi connectivity index (χ3v) is 13.9. The summed E-state index contributed by atoms with van der Waals surface area (Å²) >= 11 is 5.82. The van der Waals surface area contributed by atoms with Crippen molar-refractivity contribution < 1.29 is 33.3 Å². The fourth-order valence-electron chi connectivity index (χ4n) is 8.35. The standard InChI is InChI=1S/2C22H30N6O2.C17H20ClN3O2.C5H8N3.C5H9N3/c1-14-11-16(7-8-17(14)13-26-21(29)30-22(3,4)5)18-9-10-25-20(27-18)28-19(12-23)15(2)24-6;1-14-11-16(7-8-17(14)12-26-21(29)30-22(3,4)5)18-9-10-25-20(27-18)28-19(13-24-6)15(2)23;1-11-9-12(14-7-8-19-15(18)21-14)5-6-13(11)10-20-16(22)23-17(2,3)4;1-4-5(6)3-8(2)7-4;1-4-5(6)3-7-8(4)2/h7-12H,13,23H2,1-6H3,(H,26,29)(H,25,27,28);7-11,13H,12,23H2,1-6H3,(H,26,29)(H,25,27,28);5-9H,10H2,1-4H3,(H,20,22);3,6H,1-2H3;3H,6H2,1-2H3/q;;;+1;. The molecule has 0 atom stereocenters. The number of rotatable bonds is 15. The summed E-state index contributed by atoms with van der Waals surface area (Å²) in [6.07, 6.45) is 10.1. The summed E-state index contributed by atoms with van der Waals surface area (Å²) in [6, 6.07) is 23.3. The van der Waals surface area contributed by atoms with Gasteiger partial charge in [0.1, 0.15) is 28.2 Å². The maximum Gasteiger partial charge on any atom is 0.407 e. The molecular weight excluding hydrogens is 1280 g/mol. The first-order chi connectivity index (χ1) is 46.4. The highest BCUT2D eigenvalue weighted by Gasteiger charge is 2.20. The molecule has 3 amide bonds. The average Bonchev–Trinajstić information content (AvgIpc) is 1.65. The molecule has 7 aromatic rings. The summed E-state index contributed by atoms with van der Waals surface area (Å²) in [5.41, 5.74) is 32.4. The second kappa shape index (κ2) is 37.5. The lowest BCUT2D eigenvalue weighted by Crippen LogP contribution is -2.32. The van der Waals surface area contributed by atoms with Crippen LogP contribution in [0.25, 0.3) is 33.8 Å². The molecule has 0 fully saturated rings. The number of hydrazone groups is 1. The van der Waals surface area contributed by atoms with Crippen LogP contribution < -0.4 is 43.8 Å². The van der Waals surface area contributed by atoms with Crippen molar-refractivity contribution >= 4 is 77.0 Å². The number of hydrogen-bond donors (Lipinski definition) is 9. The van der Waals surface area contributed by atoms with Gasteiger partial charge in [0.25, 0.3) is 0 Å². The zero-order chi connectivity index (χ0) is 74.0. The molecule has 1 aliphatic rings. The largest absolute Gasteiger partial charge is 0.444 e. The number of benzene rings is 3. The van der Waals surface area contributed by atoms with Crippen LogP contribution in [0.3, 0.4) is 0 Å². The molecule has 12 N–H and O–H groups in total. The van der Waals surface area contributed by atoms with Gasteiger partial charge in [0.15, 0.2) is 7.05 Å². The van der Waals surface area contributed by atoms with Gasteiger partial charge in [-0.3, -0.25) is 20.1 Å². The lowest BCUT2D eigenvalue weighted by Gasteiger charge is -2.20. The maximum atomic E-state index is 11.9. The quantitative estimate of drug-likeness (QED) is 0.0199. The van der Waals surface area contributed by atoms with Crippen LogP contribution in [0.15, 0.2) is 136 Å². The van der Waals surface area contributed by atoms with E-state index in [0.717, 1.165) is 90.0 Å². The fourth-order valence-corrected chi connectivity index (χ4v) is 8.50. The number of nitrogens with two attached hydrogens (primary N) is 3. The van der Waals surface area contributed by atoms with Crippen LogP contribution in [0.2, 0.25) is 5.28 Å². The molecule has 0 aliphatic carbocycles. The van der Waals surface area contributed by atoms with Crippen molar-refractivity contribution in [1.29, 1.82) is 5.41 Å². The molecule has 28 heteroatoms. The van der Waals surface area contributed by atoms with Crippen molar-refractivity contribution in [3.05, 3.63) is 165 Å². The number of alkyl carbamates (subject to hydrolysis) is 3. The second-order valence-electron chi connectivity index (χ2n) is 25.5. The number of anilines is 3. The smallest absolute Gasteiger partial charge is 0.407 e. The zero-order valence-corrected chi connectivity index (χ0v) is 61.3. The van der Waals surface area contributed by atoms with E-state index in [4.69, 9.17) is 48.4 Å². The van der Waals surface area contributed by atoms with Crippen LogP contribution in [-0.4, -0.2) is 130 Å². The van der Waals surface area contributed by atoms with Gasteiger partial charge in [0.05, 0.1) is 51.8 Å². The molecule has 0 bridgehead atoms. The monoisotopic (exact) mass is 1370 g/mol. The second-order valence-corrected chi connectivity index (χ2v) is 25.8. The molecule has 0 unspecified atom stereocenters. The van der Waals surface area contributed by atoms with E-state index in [1.54, 1.807) is 73.7 Å². The summed E-state index contributed by atoms with van der Waals surface area (Å²) in [7, 11) is 7.04. The number of aryl methyl sites for hydroxylation is 4. The van der Waals surface area contributed by atoms with Crippen molar-refractivity contribution in [2.75, 3.05) is 37.5 Å². The molecule has 0 saturated carbocycles. The Morgan fingerprint density at radius 3 is 1.33 bits per heavy atom. The van der Waals surface area contributed by atoms with Crippen molar-refractivity contribution in [2.24, 2.45) is 33.6 Å². The van der Waals surface area contributed by atoms with E-state index in [-0.39, 0.29) is 5.28 Å². The fraction of sp³-hybridized carbons (Fsp3) is 0.366. The molecule has 8 rings (SSSR count). The topological polar surface area (TPSA) is 376 Å². The van der Waals surface area contributed by atoms with Crippen molar-refractivity contribution in [1.82, 2.24) is 55.6 Å². The van der Waals surface area contributed by atoms with Gasteiger partial charge in [-0.1, -0.05) is 41.1 Å². The Balaban J connectivity index is 0.000000284. The number of allylic oxidation sites excluding steroid dienone is 3. The molecule has 1 aliphatic heterocycles. The van der Waals surface area contributed by atoms with Crippen molar-refractivity contribution in [2.45, 2.75) is 147 Å². The average molecular weight is 1380 g/mol. The van der Waals surface area contributed by atoms with E-state index in [1.807, 2.05) is 185 Å². The number of nitrogen functional groups attached to an aromatic ring is 1. The minimum absolute atomic E-state index is 0.218.